The summed E-state index contributed by atoms with van der Waals surface area (Å²) < 4.78 is 12.6. The first-order chi connectivity index (χ1) is 7.50. The minimum Gasteiger partial charge on any atom is -0.481 e. The van der Waals surface area contributed by atoms with Gasteiger partial charge < -0.3 is 10.2 Å². The molecule has 1 rings (SSSR count). The Hall–Kier alpha value is -1.75. The Labute approximate surface area is 91.3 Å². The normalized spacial score (nSPS) is 12.1. The fraction of sp³-hybridized carbons (Fsp3) is 0.273. The van der Waals surface area contributed by atoms with Crippen LogP contribution in [0.1, 0.15) is 24.5 Å². The van der Waals surface area contributed by atoms with Crippen molar-refractivity contribution in [2.75, 3.05) is 0 Å². The van der Waals surface area contributed by atoms with Crippen molar-refractivity contribution < 1.29 is 24.2 Å². The lowest BCUT2D eigenvalue weighted by Gasteiger charge is -2.08. The van der Waals surface area contributed by atoms with Gasteiger partial charge in [-0.3, -0.25) is 9.59 Å². The van der Waals surface area contributed by atoms with Crippen molar-refractivity contribution in [3.05, 3.63) is 35.6 Å². The number of ketones is 1. The van der Waals surface area contributed by atoms with Crippen molar-refractivity contribution in [2.45, 2.75) is 18.9 Å². The van der Waals surface area contributed by atoms with Crippen LogP contribution in [-0.4, -0.2) is 22.0 Å². The number of aliphatic hydroxyl groups is 1. The molecule has 4 nitrogen and oxygen atoms in total. The summed E-state index contributed by atoms with van der Waals surface area (Å²) in [5.74, 6) is -2.15. The van der Waals surface area contributed by atoms with E-state index in [2.05, 4.69) is 0 Å². The first-order valence-corrected chi connectivity index (χ1v) is 4.68. The van der Waals surface area contributed by atoms with Crippen LogP contribution in [0.2, 0.25) is 0 Å². The predicted molar refractivity (Wildman–Crippen MR) is 53.2 cm³/mol. The fourth-order valence-electron chi connectivity index (χ4n) is 1.20. The van der Waals surface area contributed by atoms with Gasteiger partial charge in [-0.25, -0.2) is 4.39 Å². The van der Waals surface area contributed by atoms with Crippen LogP contribution in [0.3, 0.4) is 0 Å². The lowest BCUT2D eigenvalue weighted by atomic mass is 10.0. The Morgan fingerprint density at radius 3 is 2.25 bits per heavy atom. The maximum absolute atomic E-state index is 12.6. The molecule has 5 heteroatoms. The largest absolute Gasteiger partial charge is 0.481 e. The number of carbonyl (C=O) groups excluding carboxylic acids is 1. The van der Waals surface area contributed by atoms with Crippen LogP contribution >= 0.6 is 0 Å². The monoisotopic (exact) mass is 226 g/mol. The summed E-state index contributed by atoms with van der Waals surface area (Å²) in [6, 6.07) is 4.84. The lowest BCUT2D eigenvalue weighted by molar-refractivity contribution is -0.139. The summed E-state index contributed by atoms with van der Waals surface area (Å²) in [7, 11) is 0. The zero-order valence-corrected chi connectivity index (χ0v) is 8.39. The smallest absolute Gasteiger partial charge is 0.303 e. The summed E-state index contributed by atoms with van der Waals surface area (Å²) in [5, 5.41) is 17.9. The summed E-state index contributed by atoms with van der Waals surface area (Å²) in [6.07, 6.45) is -1.95. The van der Waals surface area contributed by atoms with Gasteiger partial charge in [0.2, 0.25) is 0 Å². The molecule has 0 bridgehead atoms. The first kappa shape index (κ1) is 12.3. The number of carbonyl (C=O) groups is 2. The van der Waals surface area contributed by atoms with E-state index in [0.717, 1.165) is 12.1 Å². The second kappa shape index (κ2) is 5.37. The van der Waals surface area contributed by atoms with Gasteiger partial charge in [0, 0.05) is 6.42 Å². The van der Waals surface area contributed by atoms with Gasteiger partial charge in [-0.2, -0.15) is 0 Å². The van der Waals surface area contributed by atoms with Crippen molar-refractivity contribution in [1.82, 2.24) is 0 Å². The van der Waals surface area contributed by atoms with Gasteiger partial charge in [0.25, 0.3) is 0 Å². The highest BCUT2D eigenvalue weighted by Gasteiger charge is 2.17. The molecule has 0 aliphatic carbocycles. The number of carboxylic acids is 1. The average Bonchev–Trinajstić information content (AvgIpc) is 2.26. The molecule has 0 spiro atoms. The third-order valence-electron chi connectivity index (χ3n) is 2.08. The molecular weight excluding hydrogens is 215 g/mol. The molecular formula is C11H11FO4. The predicted octanol–water partition coefficient (Wildman–Crippen LogP) is 1.29. The van der Waals surface area contributed by atoms with E-state index < -0.39 is 23.7 Å². The van der Waals surface area contributed by atoms with Crippen LogP contribution in [0.5, 0.6) is 0 Å². The van der Waals surface area contributed by atoms with Crippen molar-refractivity contribution in [1.29, 1.82) is 0 Å². The van der Waals surface area contributed by atoms with Crippen LogP contribution in [0.4, 0.5) is 4.39 Å². The summed E-state index contributed by atoms with van der Waals surface area (Å²) >= 11 is 0. The van der Waals surface area contributed by atoms with Crippen molar-refractivity contribution in [3.63, 3.8) is 0 Å². The highest BCUT2D eigenvalue weighted by Crippen LogP contribution is 2.16. The molecule has 86 valence electrons. The van der Waals surface area contributed by atoms with Crippen molar-refractivity contribution >= 4 is 11.8 Å². The van der Waals surface area contributed by atoms with Gasteiger partial charge in [-0.15, -0.1) is 0 Å². The quantitative estimate of drug-likeness (QED) is 0.793. The van der Waals surface area contributed by atoms with Crippen LogP contribution in [0.25, 0.3) is 0 Å². The van der Waals surface area contributed by atoms with Crippen LogP contribution in [-0.2, 0) is 9.59 Å². The number of benzene rings is 1. The van der Waals surface area contributed by atoms with E-state index in [9.17, 15) is 19.1 Å². The van der Waals surface area contributed by atoms with Gasteiger partial charge in [0.05, 0.1) is 6.42 Å². The molecule has 0 saturated heterocycles. The molecule has 2 N–H and O–H groups in total. The van der Waals surface area contributed by atoms with Gasteiger partial charge in [-0.05, 0) is 17.7 Å². The maximum atomic E-state index is 12.6. The van der Waals surface area contributed by atoms with E-state index in [1.165, 1.54) is 12.1 Å². The van der Waals surface area contributed by atoms with Crippen LogP contribution in [0, 0.1) is 5.82 Å². The fourth-order valence-corrected chi connectivity index (χ4v) is 1.20. The topological polar surface area (TPSA) is 74.6 Å². The molecule has 0 heterocycles. The molecule has 1 atom stereocenters. The molecule has 0 radical (unpaired) electrons. The second-order valence-electron chi connectivity index (χ2n) is 3.31. The number of halogens is 1. The van der Waals surface area contributed by atoms with Gasteiger partial charge in [0.1, 0.15) is 11.9 Å². The van der Waals surface area contributed by atoms with Crippen molar-refractivity contribution in [2.24, 2.45) is 0 Å². The van der Waals surface area contributed by atoms with E-state index in [1.807, 2.05) is 0 Å². The summed E-state index contributed by atoms with van der Waals surface area (Å²) in [5.41, 5.74) is 0.261. The van der Waals surface area contributed by atoms with Crippen LogP contribution in [0.15, 0.2) is 24.3 Å². The van der Waals surface area contributed by atoms with E-state index in [-0.39, 0.29) is 18.4 Å². The number of Topliss-reactive ketones (excluding diaryl/α,β-unsaturated/α-hetero) is 1. The first-order valence-electron chi connectivity index (χ1n) is 4.68. The van der Waals surface area contributed by atoms with E-state index in [1.54, 1.807) is 0 Å². The molecule has 0 aromatic heterocycles. The minimum absolute atomic E-state index is 0.242. The SMILES string of the molecule is O=C(O)CCC(=O)[C@@H](O)c1ccc(F)cc1. The highest BCUT2D eigenvalue weighted by molar-refractivity contribution is 5.86. The lowest BCUT2D eigenvalue weighted by Crippen LogP contribution is -2.13. The Morgan fingerprint density at radius 1 is 1.19 bits per heavy atom. The average molecular weight is 226 g/mol. The van der Waals surface area contributed by atoms with E-state index in [4.69, 9.17) is 5.11 Å². The van der Waals surface area contributed by atoms with E-state index in [0.29, 0.717) is 0 Å². The third-order valence-corrected chi connectivity index (χ3v) is 2.08. The molecule has 16 heavy (non-hydrogen) atoms. The Kier molecular flexibility index (Phi) is 4.13. The number of carboxylic acid groups (broad SMARTS) is 1. The number of hydrogen-bond donors (Lipinski definition) is 2. The number of aliphatic carboxylic acids is 1. The van der Waals surface area contributed by atoms with Crippen molar-refractivity contribution in [3.8, 4) is 0 Å². The summed E-state index contributed by atoms with van der Waals surface area (Å²) in [4.78, 5) is 21.5. The number of aliphatic hydroxyl groups excluding tert-OH is 1. The summed E-state index contributed by atoms with van der Waals surface area (Å²) in [6.45, 7) is 0. The van der Waals surface area contributed by atoms with Gasteiger partial charge >= 0.3 is 5.97 Å². The molecule has 0 unspecified atom stereocenters. The van der Waals surface area contributed by atoms with Gasteiger partial charge in [-0.1, -0.05) is 12.1 Å². The standard InChI is InChI=1S/C11H11FO4/c12-8-3-1-7(2-4-8)11(16)9(13)5-6-10(14)15/h1-4,11,16H,5-6H2,(H,14,15)/t11-/m0/s1. The van der Waals surface area contributed by atoms with Crippen LogP contribution < -0.4 is 0 Å². The molecule has 0 saturated carbocycles. The number of hydrogen-bond acceptors (Lipinski definition) is 3. The zero-order valence-electron chi connectivity index (χ0n) is 8.39. The third kappa shape index (κ3) is 3.43. The molecule has 0 aliphatic rings. The Morgan fingerprint density at radius 2 is 1.75 bits per heavy atom. The molecule has 1 aromatic rings. The number of rotatable bonds is 5. The second-order valence-corrected chi connectivity index (χ2v) is 3.31. The van der Waals surface area contributed by atoms with E-state index >= 15 is 0 Å². The highest BCUT2D eigenvalue weighted by atomic mass is 19.1. The molecule has 0 amide bonds. The molecule has 1 aromatic carbocycles. The zero-order chi connectivity index (χ0) is 12.1. The Balaban J connectivity index is 2.63. The van der Waals surface area contributed by atoms with Gasteiger partial charge in [0.15, 0.2) is 5.78 Å². The Bertz CT molecular complexity index is 385. The molecule has 0 fully saturated rings. The maximum Gasteiger partial charge on any atom is 0.303 e. The molecule has 0 aliphatic heterocycles. The minimum atomic E-state index is -1.39.